The Kier molecular flexibility index (Phi) is 4.07. The lowest BCUT2D eigenvalue weighted by Gasteiger charge is -2.50. The first-order valence-electron chi connectivity index (χ1n) is 10.2. The van der Waals surface area contributed by atoms with Crippen LogP contribution in [0.5, 0.6) is 0 Å². The molecule has 28 heavy (non-hydrogen) atoms. The summed E-state index contributed by atoms with van der Waals surface area (Å²) in [7, 11) is 0. The third-order valence-corrected chi connectivity index (χ3v) is 6.36. The van der Waals surface area contributed by atoms with E-state index >= 15 is 0 Å². The van der Waals surface area contributed by atoms with E-state index in [0.717, 1.165) is 61.3 Å². The van der Waals surface area contributed by atoms with Crippen LogP contribution in [0, 0.1) is 0 Å². The molecule has 144 valence electrons. The number of amides is 1. The van der Waals surface area contributed by atoms with E-state index in [1.54, 1.807) is 6.33 Å². The molecular weight excluding hydrogens is 350 g/mol. The number of benzene rings is 1. The molecule has 6 heteroatoms. The van der Waals surface area contributed by atoms with Gasteiger partial charge in [-0.15, -0.1) is 0 Å². The quantitative estimate of drug-likeness (QED) is 0.747. The lowest BCUT2D eigenvalue weighted by molar-refractivity contribution is -0.140. The first kappa shape index (κ1) is 17.2. The number of rotatable bonds is 2. The molecule has 1 aromatic carbocycles. The van der Waals surface area contributed by atoms with Crippen LogP contribution in [-0.2, 0) is 16.8 Å². The number of carbonyl (C=O) groups excluding carboxylic acids is 1. The summed E-state index contributed by atoms with van der Waals surface area (Å²) in [6.45, 7) is 4.45. The van der Waals surface area contributed by atoms with Crippen molar-refractivity contribution in [3.63, 3.8) is 0 Å². The van der Waals surface area contributed by atoms with Gasteiger partial charge in [0.05, 0.1) is 23.1 Å². The Balaban J connectivity index is 1.45. The molecule has 0 unspecified atom stereocenters. The number of aromatic nitrogens is 3. The number of aromatic amines is 1. The van der Waals surface area contributed by atoms with Crippen molar-refractivity contribution in [2.75, 3.05) is 24.5 Å². The number of para-hydroxylation sites is 1. The SMILES string of the molecule is CCC(=O)N1CCc2[nH]cnc2C12CCN(c1ccc3ccccc3n1)CC2. The number of H-pyrrole nitrogens is 1. The highest BCUT2D eigenvalue weighted by Gasteiger charge is 2.48. The molecule has 1 saturated heterocycles. The molecule has 0 saturated carbocycles. The Morgan fingerprint density at radius 1 is 1.14 bits per heavy atom. The standard InChI is InChI=1S/C22H25N5O/c1-2-20(28)27-12-9-18-21(24-15-23-18)22(27)10-13-26(14-11-22)19-8-7-16-5-3-4-6-17(16)25-19/h3-8,15H,2,9-14H2,1H3,(H,23,24). The molecule has 0 aliphatic carbocycles. The molecule has 6 nitrogen and oxygen atoms in total. The van der Waals surface area contributed by atoms with Gasteiger partial charge in [0, 0.05) is 43.6 Å². The topological polar surface area (TPSA) is 65.1 Å². The Labute approximate surface area is 164 Å². The number of imidazole rings is 1. The molecule has 1 amide bonds. The van der Waals surface area contributed by atoms with Crippen molar-refractivity contribution in [3.8, 4) is 0 Å². The third kappa shape index (κ3) is 2.58. The van der Waals surface area contributed by atoms with E-state index < -0.39 is 0 Å². The van der Waals surface area contributed by atoms with Gasteiger partial charge < -0.3 is 14.8 Å². The number of piperidine rings is 1. The summed E-state index contributed by atoms with van der Waals surface area (Å²) < 4.78 is 0. The Bertz CT molecular complexity index is 1020. The van der Waals surface area contributed by atoms with Crippen LogP contribution in [0.3, 0.4) is 0 Å². The zero-order chi connectivity index (χ0) is 19.1. The number of pyridine rings is 1. The first-order valence-corrected chi connectivity index (χ1v) is 10.2. The summed E-state index contributed by atoms with van der Waals surface area (Å²) in [6, 6.07) is 12.5. The van der Waals surface area contributed by atoms with Crippen molar-refractivity contribution in [1.29, 1.82) is 0 Å². The molecule has 0 radical (unpaired) electrons. The highest BCUT2D eigenvalue weighted by Crippen LogP contribution is 2.43. The number of anilines is 1. The van der Waals surface area contributed by atoms with Crippen LogP contribution in [0.2, 0.25) is 0 Å². The largest absolute Gasteiger partial charge is 0.356 e. The van der Waals surface area contributed by atoms with Gasteiger partial charge in [-0.2, -0.15) is 0 Å². The zero-order valence-corrected chi connectivity index (χ0v) is 16.2. The van der Waals surface area contributed by atoms with Crippen molar-refractivity contribution < 1.29 is 4.79 Å². The van der Waals surface area contributed by atoms with Gasteiger partial charge in [-0.1, -0.05) is 25.1 Å². The van der Waals surface area contributed by atoms with Crippen LogP contribution in [0.4, 0.5) is 5.82 Å². The van der Waals surface area contributed by atoms with E-state index in [-0.39, 0.29) is 11.4 Å². The van der Waals surface area contributed by atoms with Gasteiger partial charge in [0.15, 0.2) is 0 Å². The van der Waals surface area contributed by atoms with E-state index in [4.69, 9.17) is 4.98 Å². The highest BCUT2D eigenvalue weighted by atomic mass is 16.2. The third-order valence-electron chi connectivity index (χ3n) is 6.36. The summed E-state index contributed by atoms with van der Waals surface area (Å²) in [5.41, 5.74) is 3.01. The fraction of sp³-hybridized carbons (Fsp3) is 0.409. The summed E-state index contributed by atoms with van der Waals surface area (Å²) in [5, 5.41) is 1.16. The van der Waals surface area contributed by atoms with E-state index in [1.807, 2.05) is 19.1 Å². The van der Waals surface area contributed by atoms with Crippen molar-refractivity contribution >= 4 is 22.6 Å². The smallest absolute Gasteiger partial charge is 0.223 e. The van der Waals surface area contributed by atoms with Gasteiger partial charge in [-0.3, -0.25) is 4.79 Å². The van der Waals surface area contributed by atoms with Crippen LogP contribution in [-0.4, -0.2) is 45.4 Å². The van der Waals surface area contributed by atoms with Crippen molar-refractivity contribution in [1.82, 2.24) is 19.9 Å². The minimum absolute atomic E-state index is 0.228. The molecular formula is C22H25N5O. The molecule has 3 aromatic rings. The molecule has 4 heterocycles. The molecule has 0 atom stereocenters. The average molecular weight is 375 g/mol. The summed E-state index contributed by atoms with van der Waals surface area (Å²) >= 11 is 0. The second-order valence-corrected chi connectivity index (χ2v) is 7.76. The maximum Gasteiger partial charge on any atom is 0.223 e. The maximum atomic E-state index is 12.7. The van der Waals surface area contributed by atoms with E-state index in [2.05, 4.69) is 44.0 Å². The van der Waals surface area contributed by atoms with E-state index in [9.17, 15) is 4.79 Å². The van der Waals surface area contributed by atoms with E-state index in [1.165, 1.54) is 5.69 Å². The Morgan fingerprint density at radius 2 is 1.96 bits per heavy atom. The second kappa shape index (κ2) is 6.62. The monoisotopic (exact) mass is 375 g/mol. The number of nitrogens with zero attached hydrogens (tertiary/aromatic N) is 4. The Morgan fingerprint density at radius 3 is 2.79 bits per heavy atom. The molecule has 1 N–H and O–H groups in total. The van der Waals surface area contributed by atoms with Gasteiger partial charge in [0.25, 0.3) is 0 Å². The van der Waals surface area contributed by atoms with E-state index in [0.29, 0.717) is 6.42 Å². The lowest BCUT2D eigenvalue weighted by Crippen LogP contribution is -2.58. The van der Waals surface area contributed by atoms with Crippen molar-refractivity contribution in [3.05, 3.63) is 54.1 Å². The van der Waals surface area contributed by atoms with Crippen LogP contribution in [0.15, 0.2) is 42.7 Å². The zero-order valence-electron chi connectivity index (χ0n) is 16.2. The fourth-order valence-corrected chi connectivity index (χ4v) is 4.88. The van der Waals surface area contributed by atoms with Crippen LogP contribution < -0.4 is 4.90 Å². The number of carbonyl (C=O) groups is 1. The molecule has 2 aliphatic rings. The molecule has 1 fully saturated rings. The Hall–Kier alpha value is -2.89. The minimum Gasteiger partial charge on any atom is -0.356 e. The van der Waals surface area contributed by atoms with Crippen LogP contribution >= 0.6 is 0 Å². The number of fused-ring (bicyclic) bond motifs is 3. The number of hydrogen-bond acceptors (Lipinski definition) is 4. The van der Waals surface area contributed by atoms with Crippen molar-refractivity contribution in [2.24, 2.45) is 0 Å². The summed E-state index contributed by atoms with van der Waals surface area (Å²) in [6.07, 6.45) is 4.94. The van der Waals surface area contributed by atoms with Gasteiger partial charge in [-0.25, -0.2) is 9.97 Å². The molecule has 5 rings (SSSR count). The number of hydrogen-bond donors (Lipinski definition) is 1. The van der Waals surface area contributed by atoms with Crippen LogP contribution in [0.1, 0.15) is 37.6 Å². The summed E-state index contributed by atoms with van der Waals surface area (Å²) in [4.78, 5) is 30.0. The molecule has 2 aromatic heterocycles. The van der Waals surface area contributed by atoms with Gasteiger partial charge in [0.2, 0.25) is 5.91 Å². The predicted octanol–water partition coefficient (Wildman–Crippen LogP) is 3.25. The van der Waals surface area contributed by atoms with Gasteiger partial charge in [-0.05, 0) is 31.0 Å². The number of nitrogens with one attached hydrogen (secondary N) is 1. The lowest BCUT2D eigenvalue weighted by atomic mass is 9.78. The fourth-order valence-electron chi connectivity index (χ4n) is 4.88. The molecule has 2 aliphatic heterocycles. The van der Waals surface area contributed by atoms with Gasteiger partial charge in [0.1, 0.15) is 5.82 Å². The van der Waals surface area contributed by atoms with Gasteiger partial charge >= 0.3 is 0 Å². The maximum absolute atomic E-state index is 12.7. The highest BCUT2D eigenvalue weighted by molar-refractivity contribution is 5.80. The first-order chi connectivity index (χ1) is 13.7. The molecule has 1 spiro atoms. The van der Waals surface area contributed by atoms with Crippen LogP contribution in [0.25, 0.3) is 10.9 Å². The predicted molar refractivity (Wildman–Crippen MR) is 109 cm³/mol. The summed E-state index contributed by atoms with van der Waals surface area (Å²) in [5.74, 6) is 1.24. The average Bonchev–Trinajstić information content (AvgIpc) is 3.24. The second-order valence-electron chi connectivity index (χ2n) is 7.76. The van der Waals surface area contributed by atoms with Crippen molar-refractivity contribution in [2.45, 2.75) is 38.1 Å². The molecule has 0 bridgehead atoms. The minimum atomic E-state index is -0.284. The normalized spacial score (nSPS) is 18.5.